The lowest BCUT2D eigenvalue weighted by Crippen LogP contribution is -2.51. The summed E-state index contributed by atoms with van der Waals surface area (Å²) in [6.45, 7) is 8.00. The Hall–Kier alpha value is -2.24. The van der Waals surface area contributed by atoms with Crippen LogP contribution in [0.1, 0.15) is 65.7 Å². The van der Waals surface area contributed by atoms with E-state index in [2.05, 4.69) is 12.2 Å². The molecule has 1 N–H and O–H groups in total. The predicted octanol–water partition coefficient (Wildman–Crippen LogP) is 4.18. The molecule has 172 valence electrons. The summed E-state index contributed by atoms with van der Waals surface area (Å²) in [6, 6.07) is 7.80. The van der Waals surface area contributed by atoms with Gasteiger partial charge in [0, 0.05) is 24.9 Å². The van der Waals surface area contributed by atoms with Crippen LogP contribution < -0.4 is 14.8 Å². The monoisotopic (exact) mass is 430 g/mol. The molecule has 2 aliphatic rings. The van der Waals surface area contributed by atoms with E-state index in [9.17, 15) is 9.59 Å². The smallest absolute Gasteiger partial charge is 0.225 e. The largest absolute Gasteiger partial charge is 0.494 e. The number of carbonyl (C=O) groups excluding carboxylic acids is 2. The van der Waals surface area contributed by atoms with Gasteiger partial charge in [-0.2, -0.15) is 0 Å². The molecule has 2 amide bonds. The van der Waals surface area contributed by atoms with Gasteiger partial charge in [0.15, 0.2) is 0 Å². The zero-order valence-corrected chi connectivity index (χ0v) is 19.3. The molecule has 1 aromatic rings. The van der Waals surface area contributed by atoms with Crippen LogP contribution in [0.2, 0.25) is 0 Å². The summed E-state index contributed by atoms with van der Waals surface area (Å²) in [5.41, 5.74) is 0. The number of rotatable bonds is 8. The third kappa shape index (κ3) is 6.62. The Balaban J connectivity index is 1.51. The van der Waals surface area contributed by atoms with Gasteiger partial charge in [-0.1, -0.05) is 27.2 Å². The number of likely N-dealkylation sites (tertiary alicyclic amines) is 1. The molecule has 0 radical (unpaired) electrons. The highest BCUT2D eigenvalue weighted by atomic mass is 16.5. The van der Waals surface area contributed by atoms with E-state index in [4.69, 9.17) is 9.47 Å². The van der Waals surface area contributed by atoms with Crippen molar-refractivity contribution in [1.29, 1.82) is 0 Å². The molecule has 1 saturated carbocycles. The fourth-order valence-electron chi connectivity index (χ4n) is 4.44. The first-order valence-electron chi connectivity index (χ1n) is 12.0. The molecule has 1 aromatic carbocycles. The Kier molecular flexibility index (Phi) is 8.61. The summed E-state index contributed by atoms with van der Waals surface area (Å²) in [4.78, 5) is 27.0. The number of piperidine rings is 1. The van der Waals surface area contributed by atoms with Crippen LogP contribution in [0, 0.1) is 11.8 Å². The molecule has 0 spiro atoms. The molecule has 2 unspecified atom stereocenters. The normalized spacial score (nSPS) is 22.3. The highest BCUT2D eigenvalue weighted by molar-refractivity contribution is 5.81. The molecule has 1 heterocycles. The van der Waals surface area contributed by atoms with Crippen molar-refractivity contribution in [3.05, 3.63) is 24.3 Å². The zero-order chi connectivity index (χ0) is 22.2. The summed E-state index contributed by atoms with van der Waals surface area (Å²) in [5.74, 6) is 1.96. The van der Waals surface area contributed by atoms with E-state index in [-0.39, 0.29) is 35.8 Å². The van der Waals surface area contributed by atoms with Gasteiger partial charge in [-0.15, -0.1) is 0 Å². The van der Waals surface area contributed by atoms with Crippen LogP contribution in [0.5, 0.6) is 11.5 Å². The second kappa shape index (κ2) is 11.4. The van der Waals surface area contributed by atoms with E-state index in [1.54, 1.807) is 0 Å². The second-order valence-electron chi connectivity index (χ2n) is 9.13. The van der Waals surface area contributed by atoms with Gasteiger partial charge in [-0.25, -0.2) is 0 Å². The van der Waals surface area contributed by atoms with Crippen LogP contribution in [-0.2, 0) is 9.59 Å². The summed E-state index contributed by atoms with van der Waals surface area (Å²) in [5, 5.41) is 3.27. The molecule has 3 rings (SSSR count). The topological polar surface area (TPSA) is 67.9 Å². The van der Waals surface area contributed by atoms with Gasteiger partial charge in [-0.3, -0.25) is 9.59 Å². The third-order valence-corrected chi connectivity index (χ3v) is 6.29. The van der Waals surface area contributed by atoms with Gasteiger partial charge < -0.3 is 19.7 Å². The van der Waals surface area contributed by atoms with Crippen LogP contribution in [0.15, 0.2) is 24.3 Å². The Morgan fingerprint density at radius 2 is 1.68 bits per heavy atom. The third-order valence-electron chi connectivity index (χ3n) is 6.29. The average Bonchev–Trinajstić information content (AvgIpc) is 2.79. The van der Waals surface area contributed by atoms with E-state index >= 15 is 0 Å². The quantitative estimate of drug-likeness (QED) is 0.672. The summed E-state index contributed by atoms with van der Waals surface area (Å²) in [7, 11) is 0. The minimum absolute atomic E-state index is 0.0114. The number of ether oxygens (including phenoxy) is 2. The zero-order valence-electron chi connectivity index (χ0n) is 19.3. The molecule has 6 heteroatoms. The Bertz CT molecular complexity index is 711. The van der Waals surface area contributed by atoms with Gasteiger partial charge in [0.25, 0.3) is 0 Å². The minimum atomic E-state index is -0.0196. The van der Waals surface area contributed by atoms with Gasteiger partial charge in [0.05, 0.1) is 12.6 Å². The number of nitrogens with one attached hydrogen (secondary N) is 1. The molecule has 0 aromatic heterocycles. The molecule has 2 atom stereocenters. The van der Waals surface area contributed by atoms with Crippen LogP contribution in [0.3, 0.4) is 0 Å². The molecular weight excluding hydrogens is 392 g/mol. The number of benzene rings is 1. The fraction of sp³-hybridized carbons (Fsp3) is 0.680. The molecule has 31 heavy (non-hydrogen) atoms. The first kappa shape index (κ1) is 23.4. The second-order valence-corrected chi connectivity index (χ2v) is 9.13. The Labute approximate surface area is 186 Å². The molecule has 6 nitrogen and oxygen atoms in total. The van der Waals surface area contributed by atoms with Crippen molar-refractivity contribution < 1.29 is 19.1 Å². The summed E-state index contributed by atoms with van der Waals surface area (Å²) < 4.78 is 11.9. The number of amides is 2. The van der Waals surface area contributed by atoms with Gasteiger partial charge in [0.1, 0.15) is 17.6 Å². The Morgan fingerprint density at radius 3 is 2.32 bits per heavy atom. The number of carbonyl (C=O) groups is 2. The molecule has 2 fully saturated rings. The average molecular weight is 431 g/mol. The Morgan fingerprint density at radius 1 is 1.03 bits per heavy atom. The van der Waals surface area contributed by atoms with Gasteiger partial charge in [0.2, 0.25) is 11.8 Å². The van der Waals surface area contributed by atoms with Crippen molar-refractivity contribution in [1.82, 2.24) is 10.2 Å². The van der Waals surface area contributed by atoms with Crippen molar-refractivity contribution in [2.75, 3.05) is 19.7 Å². The minimum Gasteiger partial charge on any atom is -0.494 e. The van der Waals surface area contributed by atoms with Crippen molar-refractivity contribution in [2.45, 2.75) is 77.9 Å². The first-order valence-corrected chi connectivity index (χ1v) is 12.0. The van der Waals surface area contributed by atoms with Crippen molar-refractivity contribution in [3.63, 3.8) is 0 Å². The summed E-state index contributed by atoms with van der Waals surface area (Å²) in [6.07, 6.45) is 6.56. The maximum absolute atomic E-state index is 12.9. The highest BCUT2D eigenvalue weighted by Crippen LogP contribution is 2.27. The lowest BCUT2D eigenvalue weighted by molar-refractivity contribution is -0.138. The lowest BCUT2D eigenvalue weighted by atomic mass is 9.90. The molecule has 1 aliphatic carbocycles. The molecule has 1 aliphatic heterocycles. The SMILES string of the molecule is CCCOc1ccc(OC2CCCCC2NC(=O)C2CCN(C(=O)C(C)C)CC2)cc1. The molecule has 1 saturated heterocycles. The number of hydrogen-bond acceptors (Lipinski definition) is 4. The predicted molar refractivity (Wildman–Crippen MR) is 121 cm³/mol. The van der Waals surface area contributed by atoms with Crippen molar-refractivity contribution in [3.8, 4) is 11.5 Å². The van der Waals surface area contributed by atoms with E-state index in [0.29, 0.717) is 19.7 Å². The molecular formula is C25H38N2O4. The van der Waals surface area contributed by atoms with Crippen LogP contribution in [0.4, 0.5) is 0 Å². The van der Waals surface area contributed by atoms with E-state index in [1.165, 1.54) is 0 Å². The van der Waals surface area contributed by atoms with Crippen LogP contribution >= 0.6 is 0 Å². The van der Waals surface area contributed by atoms with Crippen LogP contribution in [0.25, 0.3) is 0 Å². The van der Waals surface area contributed by atoms with Gasteiger partial charge >= 0.3 is 0 Å². The fourth-order valence-corrected chi connectivity index (χ4v) is 4.44. The van der Waals surface area contributed by atoms with E-state index < -0.39 is 0 Å². The first-order chi connectivity index (χ1) is 15.0. The number of hydrogen-bond donors (Lipinski definition) is 1. The van der Waals surface area contributed by atoms with E-state index in [0.717, 1.165) is 56.4 Å². The van der Waals surface area contributed by atoms with Crippen molar-refractivity contribution in [2.24, 2.45) is 11.8 Å². The maximum Gasteiger partial charge on any atom is 0.225 e. The van der Waals surface area contributed by atoms with E-state index in [1.807, 2.05) is 43.0 Å². The lowest BCUT2D eigenvalue weighted by Gasteiger charge is -2.36. The highest BCUT2D eigenvalue weighted by Gasteiger charge is 2.33. The maximum atomic E-state index is 12.9. The van der Waals surface area contributed by atoms with Crippen LogP contribution in [-0.4, -0.2) is 48.6 Å². The summed E-state index contributed by atoms with van der Waals surface area (Å²) >= 11 is 0. The van der Waals surface area contributed by atoms with Crippen molar-refractivity contribution >= 4 is 11.8 Å². The molecule has 0 bridgehead atoms. The standard InChI is InChI=1S/C25H38N2O4/c1-4-17-30-20-9-11-21(12-10-20)31-23-8-6-5-7-22(23)26-24(28)19-13-15-27(16-14-19)25(29)18(2)3/h9-12,18-19,22-23H,4-8,13-17H2,1-3H3,(H,26,28). The van der Waals surface area contributed by atoms with Gasteiger partial charge in [-0.05, 0) is 62.8 Å². The number of nitrogens with zero attached hydrogens (tertiary/aromatic N) is 1.